The van der Waals surface area contributed by atoms with Gasteiger partial charge in [0.2, 0.25) is 0 Å². The van der Waals surface area contributed by atoms with Crippen molar-refractivity contribution in [3.63, 3.8) is 0 Å². The van der Waals surface area contributed by atoms with Gasteiger partial charge in [0.05, 0.1) is 5.92 Å². The van der Waals surface area contributed by atoms with Gasteiger partial charge in [-0.05, 0) is 48.3 Å². The highest BCUT2D eigenvalue weighted by atomic mass is 19.1. The molecule has 108 valence electrons. The van der Waals surface area contributed by atoms with Gasteiger partial charge in [0.1, 0.15) is 5.82 Å². The third-order valence-corrected chi connectivity index (χ3v) is 5.15. The maximum absolute atomic E-state index is 12.9. The molecule has 2 aliphatic rings. The normalized spacial score (nSPS) is 35.4. The number of nitrogens with one attached hydrogen (secondary N) is 1. The quantitative estimate of drug-likeness (QED) is 0.889. The van der Waals surface area contributed by atoms with Crippen LogP contribution in [0.1, 0.15) is 31.7 Å². The number of fused-ring (bicyclic) bond motifs is 2. The smallest absolute Gasteiger partial charge is 0.308 e. The molecule has 0 saturated heterocycles. The van der Waals surface area contributed by atoms with E-state index in [9.17, 15) is 14.3 Å². The van der Waals surface area contributed by atoms with Crippen molar-refractivity contribution >= 4 is 5.97 Å². The summed E-state index contributed by atoms with van der Waals surface area (Å²) in [5.74, 6) is -0.779. The second-order valence-electron chi connectivity index (χ2n) is 6.51. The molecule has 0 spiro atoms. The monoisotopic (exact) mass is 277 g/mol. The molecular weight excluding hydrogens is 257 g/mol. The molecule has 3 nitrogen and oxygen atoms in total. The lowest BCUT2D eigenvalue weighted by atomic mass is 9.74. The Morgan fingerprint density at radius 3 is 2.80 bits per heavy atom. The zero-order chi connectivity index (χ0) is 14.3. The lowest BCUT2D eigenvalue weighted by molar-refractivity contribution is -0.146. The Morgan fingerprint density at radius 2 is 2.15 bits per heavy atom. The number of carbonyl (C=O) groups is 1. The minimum Gasteiger partial charge on any atom is -0.481 e. The molecule has 4 atom stereocenters. The van der Waals surface area contributed by atoms with E-state index in [4.69, 9.17) is 0 Å². The largest absolute Gasteiger partial charge is 0.481 e. The number of halogens is 1. The topological polar surface area (TPSA) is 49.3 Å². The highest BCUT2D eigenvalue weighted by Crippen LogP contribution is 2.57. The third kappa shape index (κ3) is 2.22. The summed E-state index contributed by atoms with van der Waals surface area (Å²) in [6, 6.07) is 6.40. The van der Waals surface area contributed by atoms with E-state index in [-0.39, 0.29) is 23.2 Å². The number of hydrogen-bond donors (Lipinski definition) is 2. The summed E-state index contributed by atoms with van der Waals surface area (Å²) in [5, 5.41) is 12.9. The summed E-state index contributed by atoms with van der Waals surface area (Å²) in [7, 11) is 0. The predicted molar refractivity (Wildman–Crippen MR) is 73.6 cm³/mol. The van der Waals surface area contributed by atoms with Gasteiger partial charge in [0.25, 0.3) is 0 Å². The van der Waals surface area contributed by atoms with Gasteiger partial charge in [0.15, 0.2) is 0 Å². The summed E-state index contributed by atoms with van der Waals surface area (Å²) in [4.78, 5) is 11.6. The number of benzene rings is 1. The number of carboxylic acids is 1. The average Bonchev–Trinajstić information content (AvgIpc) is 2.91. The van der Waals surface area contributed by atoms with E-state index in [2.05, 4.69) is 12.2 Å². The number of aliphatic carboxylic acids is 1. The Balaban J connectivity index is 1.70. The van der Waals surface area contributed by atoms with Gasteiger partial charge in [0, 0.05) is 12.6 Å². The molecule has 0 radical (unpaired) electrons. The molecular formula is C16H20FNO2. The maximum atomic E-state index is 12.9. The second kappa shape index (κ2) is 4.85. The van der Waals surface area contributed by atoms with Crippen LogP contribution in [0.3, 0.4) is 0 Å². The van der Waals surface area contributed by atoms with Crippen LogP contribution < -0.4 is 5.32 Å². The van der Waals surface area contributed by atoms with Crippen LogP contribution in [0.4, 0.5) is 4.39 Å². The second-order valence-corrected chi connectivity index (χ2v) is 6.51. The van der Waals surface area contributed by atoms with Gasteiger partial charge in [-0.15, -0.1) is 0 Å². The molecule has 1 aromatic rings. The van der Waals surface area contributed by atoms with E-state index in [1.807, 2.05) is 0 Å². The lowest BCUT2D eigenvalue weighted by Gasteiger charge is -2.34. The van der Waals surface area contributed by atoms with Crippen molar-refractivity contribution in [2.24, 2.45) is 17.3 Å². The van der Waals surface area contributed by atoms with Crippen molar-refractivity contribution in [3.05, 3.63) is 35.6 Å². The van der Waals surface area contributed by atoms with Crippen molar-refractivity contribution in [1.29, 1.82) is 0 Å². The molecule has 2 bridgehead atoms. The summed E-state index contributed by atoms with van der Waals surface area (Å²) in [6.07, 6.45) is 3.13. The molecule has 0 aliphatic heterocycles. The first-order valence-electron chi connectivity index (χ1n) is 7.20. The number of rotatable bonds is 4. The Labute approximate surface area is 118 Å². The van der Waals surface area contributed by atoms with Crippen LogP contribution in [0.25, 0.3) is 0 Å². The van der Waals surface area contributed by atoms with Gasteiger partial charge in [-0.25, -0.2) is 4.39 Å². The van der Waals surface area contributed by atoms with E-state index in [0.717, 1.165) is 24.8 Å². The van der Waals surface area contributed by atoms with Crippen LogP contribution in [0.2, 0.25) is 0 Å². The zero-order valence-electron chi connectivity index (χ0n) is 11.6. The fourth-order valence-corrected chi connectivity index (χ4v) is 4.19. The molecule has 2 fully saturated rings. The Bertz CT molecular complexity index is 516. The average molecular weight is 277 g/mol. The van der Waals surface area contributed by atoms with E-state index in [1.54, 1.807) is 12.1 Å². The van der Waals surface area contributed by atoms with Crippen molar-refractivity contribution < 1.29 is 14.3 Å². The van der Waals surface area contributed by atoms with E-state index >= 15 is 0 Å². The molecule has 20 heavy (non-hydrogen) atoms. The highest BCUT2D eigenvalue weighted by Gasteiger charge is 2.57. The molecule has 0 unspecified atom stereocenters. The van der Waals surface area contributed by atoms with Crippen LogP contribution in [0.5, 0.6) is 0 Å². The third-order valence-electron chi connectivity index (χ3n) is 5.15. The van der Waals surface area contributed by atoms with Crippen LogP contribution in [0.15, 0.2) is 24.3 Å². The predicted octanol–water partition coefficient (Wildman–Crippen LogP) is 2.80. The maximum Gasteiger partial charge on any atom is 0.308 e. The molecule has 4 heteroatoms. The van der Waals surface area contributed by atoms with Crippen molar-refractivity contribution in [2.75, 3.05) is 0 Å². The van der Waals surface area contributed by atoms with Crippen LogP contribution in [-0.2, 0) is 11.3 Å². The molecule has 2 saturated carbocycles. The molecule has 2 N–H and O–H groups in total. The van der Waals surface area contributed by atoms with E-state index in [1.165, 1.54) is 12.1 Å². The van der Waals surface area contributed by atoms with E-state index < -0.39 is 5.97 Å². The van der Waals surface area contributed by atoms with Gasteiger partial charge >= 0.3 is 5.97 Å². The molecule has 0 heterocycles. The minimum atomic E-state index is -0.689. The Morgan fingerprint density at radius 1 is 1.45 bits per heavy atom. The number of carboxylic acid groups (broad SMARTS) is 1. The summed E-state index contributed by atoms with van der Waals surface area (Å²) in [6.45, 7) is 2.70. The molecule has 0 aromatic heterocycles. The highest BCUT2D eigenvalue weighted by molar-refractivity contribution is 5.73. The molecule has 3 rings (SSSR count). The lowest BCUT2D eigenvalue weighted by Crippen LogP contribution is -2.46. The zero-order valence-corrected chi connectivity index (χ0v) is 11.6. The van der Waals surface area contributed by atoms with Gasteiger partial charge in [-0.2, -0.15) is 0 Å². The fraction of sp³-hybridized carbons (Fsp3) is 0.562. The molecule has 0 amide bonds. The summed E-state index contributed by atoms with van der Waals surface area (Å²) < 4.78 is 12.9. The van der Waals surface area contributed by atoms with Crippen molar-refractivity contribution in [3.8, 4) is 0 Å². The first-order chi connectivity index (χ1) is 9.49. The van der Waals surface area contributed by atoms with Crippen LogP contribution in [-0.4, -0.2) is 17.1 Å². The van der Waals surface area contributed by atoms with Crippen LogP contribution >= 0.6 is 0 Å². The first-order valence-corrected chi connectivity index (χ1v) is 7.20. The van der Waals surface area contributed by atoms with Crippen molar-refractivity contribution in [2.45, 2.75) is 38.8 Å². The van der Waals surface area contributed by atoms with Crippen molar-refractivity contribution in [1.82, 2.24) is 5.32 Å². The fourth-order valence-electron chi connectivity index (χ4n) is 4.19. The van der Waals surface area contributed by atoms with Gasteiger partial charge < -0.3 is 10.4 Å². The first kappa shape index (κ1) is 13.6. The van der Waals surface area contributed by atoms with Crippen LogP contribution in [0, 0.1) is 23.1 Å². The molecule has 2 aliphatic carbocycles. The summed E-state index contributed by atoms with van der Waals surface area (Å²) in [5.41, 5.74) is 0.931. The summed E-state index contributed by atoms with van der Waals surface area (Å²) >= 11 is 0. The van der Waals surface area contributed by atoms with Gasteiger partial charge in [-0.3, -0.25) is 4.79 Å². The van der Waals surface area contributed by atoms with Gasteiger partial charge in [-0.1, -0.05) is 19.1 Å². The standard InChI is InChI=1S/C16H20FNO2/c1-16-7-6-11(8-16)14(13(16)15(19)20)18-9-10-2-4-12(17)5-3-10/h2-5,11,13-14,18H,6-9H2,1H3,(H,19,20)/t11-,13+,14-,16+/m0/s1. The number of hydrogen-bond acceptors (Lipinski definition) is 2. The Hall–Kier alpha value is -1.42. The molecule has 1 aromatic carbocycles. The van der Waals surface area contributed by atoms with E-state index in [0.29, 0.717) is 12.5 Å². The SMILES string of the molecule is C[C@@]12CC[C@@H](C1)[C@H](NCc1ccc(F)cc1)[C@@H]2C(=O)O. The minimum absolute atomic E-state index is 0.0382. The Kier molecular flexibility index (Phi) is 3.28.